The lowest BCUT2D eigenvalue weighted by molar-refractivity contribution is -0.121. The fourth-order valence-electron chi connectivity index (χ4n) is 2.81. The minimum atomic E-state index is -0.185. The molecule has 2 amide bonds. The zero-order valence-corrected chi connectivity index (χ0v) is 15.0. The minimum Gasteiger partial charge on any atom is -0.454 e. The Hall–Kier alpha value is -1.86. The molecule has 7 heteroatoms. The highest BCUT2D eigenvalue weighted by Crippen LogP contribution is 2.13. The van der Waals surface area contributed by atoms with Gasteiger partial charge in [0.05, 0.1) is 6.54 Å². The first kappa shape index (κ1) is 18.5. The smallest absolute Gasteiger partial charge is 0.289 e. The molecule has 2 rings (SSSR count). The van der Waals surface area contributed by atoms with Crippen molar-refractivity contribution in [1.82, 2.24) is 20.0 Å². The van der Waals surface area contributed by atoms with Gasteiger partial charge in [-0.2, -0.15) is 0 Å². The van der Waals surface area contributed by atoms with Crippen molar-refractivity contribution in [3.05, 3.63) is 23.7 Å². The highest BCUT2D eigenvalue weighted by molar-refractivity contribution is 5.91. The van der Waals surface area contributed by atoms with E-state index in [2.05, 4.69) is 29.2 Å². The van der Waals surface area contributed by atoms with Crippen LogP contribution in [0.3, 0.4) is 0 Å². The maximum Gasteiger partial charge on any atom is 0.289 e. The molecular weight excluding hydrogens is 308 g/mol. The summed E-state index contributed by atoms with van der Waals surface area (Å²) in [5, 5.41) is 2.84. The lowest BCUT2D eigenvalue weighted by Gasteiger charge is -2.23. The van der Waals surface area contributed by atoms with Crippen molar-refractivity contribution < 1.29 is 14.0 Å². The van der Waals surface area contributed by atoms with Crippen LogP contribution in [0, 0.1) is 0 Å². The van der Waals surface area contributed by atoms with Gasteiger partial charge in [-0.05, 0) is 39.2 Å². The highest BCUT2D eigenvalue weighted by atomic mass is 16.4. The van der Waals surface area contributed by atoms with Crippen LogP contribution in [-0.4, -0.2) is 80.4 Å². The van der Waals surface area contributed by atoms with Gasteiger partial charge in [0.2, 0.25) is 5.91 Å². The Kier molecular flexibility index (Phi) is 6.39. The SMILES string of the molecule is CN1CC[C@H](N(C)CCC(=O)NCc2ccc(C(=O)N(C)C)o2)C1. The summed E-state index contributed by atoms with van der Waals surface area (Å²) < 4.78 is 5.45. The number of hydrogen-bond acceptors (Lipinski definition) is 5. The zero-order chi connectivity index (χ0) is 17.7. The maximum absolute atomic E-state index is 12.0. The standard InChI is InChI=1S/C17H28N4O3/c1-19(2)17(23)15-6-5-14(24-15)11-18-16(22)8-10-21(4)13-7-9-20(3)12-13/h5-6,13H,7-12H2,1-4H3,(H,18,22)/t13-/m0/s1. The van der Waals surface area contributed by atoms with Gasteiger partial charge in [-0.3, -0.25) is 9.59 Å². The Balaban J connectivity index is 1.70. The van der Waals surface area contributed by atoms with E-state index in [9.17, 15) is 9.59 Å². The Morgan fingerprint density at radius 3 is 2.71 bits per heavy atom. The molecule has 0 saturated carbocycles. The Bertz CT molecular complexity index is 570. The summed E-state index contributed by atoms with van der Waals surface area (Å²) in [6.45, 7) is 3.23. The monoisotopic (exact) mass is 336 g/mol. The fourth-order valence-corrected chi connectivity index (χ4v) is 2.81. The van der Waals surface area contributed by atoms with Crippen LogP contribution in [0.4, 0.5) is 0 Å². The van der Waals surface area contributed by atoms with Gasteiger partial charge in [-0.15, -0.1) is 0 Å². The van der Waals surface area contributed by atoms with Crippen LogP contribution in [0.25, 0.3) is 0 Å². The molecule has 1 aliphatic heterocycles. The molecule has 0 unspecified atom stereocenters. The van der Waals surface area contributed by atoms with E-state index < -0.39 is 0 Å². The third-order valence-electron chi connectivity index (χ3n) is 4.42. The normalized spacial score (nSPS) is 18.1. The van der Waals surface area contributed by atoms with Crippen LogP contribution >= 0.6 is 0 Å². The average Bonchev–Trinajstić information content (AvgIpc) is 3.18. The highest BCUT2D eigenvalue weighted by Gasteiger charge is 2.23. The van der Waals surface area contributed by atoms with E-state index in [1.165, 1.54) is 4.90 Å². The van der Waals surface area contributed by atoms with Crippen molar-refractivity contribution in [3.8, 4) is 0 Å². The van der Waals surface area contributed by atoms with Crippen LogP contribution in [0.5, 0.6) is 0 Å². The topological polar surface area (TPSA) is 69.0 Å². The number of carbonyl (C=O) groups excluding carboxylic acids is 2. The van der Waals surface area contributed by atoms with Crippen LogP contribution in [0.1, 0.15) is 29.2 Å². The average molecular weight is 336 g/mol. The molecule has 0 aromatic carbocycles. The molecule has 1 N–H and O–H groups in total. The Labute approximate surface area is 143 Å². The van der Waals surface area contributed by atoms with Crippen molar-refractivity contribution >= 4 is 11.8 Å². The van der Waals surface area contributed by atoms with Crippen LogP contribution < -0.4 is 5.32 Å². The van der Waals surface area contributed by atoms with E-state index >= 15 is 0 Å². The summed E-state index contributed by atoms with van der Waals surface area (Å²) in [7, 11) is 7.54. The summed E-state index contributed by atoms with van der Waals surface area (Å²) in [4.78, 5) is 29.8. The van der Waals surface area contributed by atoms with Crippen molar-refractivity contribution in [3.63, 3.8) is 0 Å². The molecule has 1 aromatic heterocycles. The van der Waals surface area contributed by atoms with Gasteiger partial charge in [0.1, 0.15) is 5.76 Å². The Morgan fingerprint density at radius 2 is 2.08 bits per heavy atom. The number of likely N-dealkylation sites (N-methyl/N-ethyl adjacent to an activating group) is 2. The van der Waals surface area contributed by atoms with E-state index in [0.29, 0.717) is 24.8 Å². The second-order valence-electron chi connectivity index (χ2n) is 6.68. The second-order valence-corrected chi connectivity index (χ2v) is 6.68. The molecule has 134 valence electrons. The molecule has 0 radical (unpaired) electrons. The van der Waals surface area contributed by atoms with Crippen molar-refractivity contribution in [2.45, 2.75) is 25.4 Å². The number of rotatable bonds is 7. The number of nitrogens with zero attached hydrogens (tertiary/aromatic N) is 3. The van der Waals surface area contributed by atoms with E-state index in [1.54, 1.807) is 26.2 Å². The van der Waals surface area contributed by atoms with Gasteiger partial charge < -0.3 is 24.4 Å². The van der Waals surface area contributed by atoms with Gasteiger partial charge in [-0.1, -0.05) is 0 Å². The first-order valence-electron chi connectivity index (χ1n) is 8.32. The third kappa shape index (κ3) is 5.07. The molecule has 0 aliphatic carbocycles. The molecule has 7 nitrogen and oxygen atoms in total. The largest absolute Gasteiger partial charge is 0.454 e. The summed E-state index contributed by atoms with van der Waals surface area (Å²) >= 11 is 0. The van der Waals surface area contributed by atoms with Gasteiger partial charge >= 0.3 is 0 Å². The molecule has 0 bridgehead atoms. The lowest BCUT2D eigenvalue weighted by atomic mass is 10.2. The van der Waals surface area contributed by atoms with E-state index in [1.807, 2.05) is 0 Å². The number of nitrogens with one attached hydrogen (secondary N) is 1. The van der Waals surface area contributed by atoms with Gasteiger partial charge in [0.15, 0.2) is 5.76 Å². The number of carbonyl (C=O) groups is 2. The molecule has 0 spiro atoms. The number of hydrogen-bond donors (Lipinski definition) is 1. The molecule has 2 heterocycles. The van der Waals surface area contributed by atoms with Crippen LogP contribution in [0.15, 0.2) is 16.5 Å². The molecule has 1 aromatic rings. The number of likely N-dealkylation sites (tertiary alicyclic amines) is 1. The summed E-state index contributed by atoms with van der Waals surface area (Å²) in [5.41, 5.74) is 0. The molecule has 1 atom stereocenters. The minimum absolute atomic E-state index is 0.00918. The molecule has 1 saturated heterocycles. The predicted octanol–water partition coefficient (Wildman–Crippen LogP) is 0.624. The van der Waals surface area contributed by atoms with Crippen molar-refractivity contribution in [2.75, 3.05) is 47.8 Å². The van der Waals surface area contributed by atoms with Gasteiger partial charge in [0, 0.05) is 39.6 Å². The predicted molar refractivity (Wildman–Crippen MR) is 91.7 cm³/mol. The van der Waals surface area contributed by atoms with E-state index in [-0.39, 0.29) is 17.6 Å². The number of amides is 2. The number of furan rings is 1. The fraction of sp³-hybridized carbons (Fsp3) is 0.647. The molecule has 24 heavy (non-hydrogen) atoms. The summed E-state index contributed by atoms with van der Waals surface area (Å²) in [6.07, 6.45) is 1.62. The van der Waals surface area contributed by atoms with E-state index in [4.69, 9.17) is 4.42 Å². The van der Waals surface area contributed by atoms with E-state index in [0.717, 1.165) is 26.1 Å². The van der Waals surface area contributed by atoms with Gasteiger partial charge in [0.25, 0.3) is 5.91 Å². The maximum atomic E-state index is 12.0. The van der Waals surface area contributed by atoms with Crippen LogP contribution in [0.2, 0.25) is 0 Å². The van der Waals surface area contributed by atoms with Crippen molar-refractivity contribution in [1.29, 1.82) is 0 Å². The zero-order valence-electron chi connectivity index (χ0n) is 15.0. The first-order chi connectivity index (χ1) is 11.4. The third-order valence-corrected chi connectivity index (χ3v) is 4.42. The molecular formula is C17H28N4O3. The molecule has 1 aliphatic rings. The van der Waals surface area contributed by atoms with Gasteiger partial charge in [-0.25, -0.2) is 0 Å². The first-order valence-corrected chi connectivity index (χ1v) is 8.32. The Morgan fingerprint density at radius 1 is 1.33 bits per heavy atom. The quantitative estimate of drug-likeness (QED) is 0.791. The van der Waals surface area contributed by atoms with Crippen LogP contribution in [-0.2, 0) is 11.3 Å². The van der Waals surface area contributed by atoms with Crippen molar-refractivity contribution in [2.24, 2.45) is 0 Å². The summed E-state index contributed by atoms with van der Waals surface area (Å²) in [6, 6.07) is 3.89. The second kappa shape index (κ2) is 8.30. The summed E-state index contributed by atoms with van der Waals surface area (Å²) in [5.74, 6) is 0.675. The lowest BCUT2D eigenvalue weighted by Crippen LogP contribution is -2.36. The molecule has 1 fully saturated rings.